The van der Waals surface area contributed by atoms with Gasteiger partial charge in [0.25, 0.3) is 0 Å². The molecular weight excluding hydrogens is 360 g/mol. The fraction of sp³-hybridized carbons (Fsp3) is 0. The van der Waals surface area contributed by atoms with Crippen LogP contribution in [-0.2, 0) is 0 Å². The van der Waals surface area contributed by atoms with Crippen LogP contribution in [0.5, 0.6) is 0 Å². The molecule has 2 nitrogen and oxygen atoms in total. The molecule has 0 atom stereocenters. The number of hydrogen-bond donors (Lipinski definition) is 0. The van der Waals surface area contributed by atoms with E-state index in [0.29, 0.717) is 11.1 Å². The number of carbonyl (C=O) groups excluding carboxylic acids is 2. The Kier molecular flexibility index (Phi) is 2.72. The van der Waals surface area contributed by atoms with Crippen molar-refractivity contribution in [2.45, 2.75) is 0 Å². The topological polar surface area (TPSA) is 34.1 Å². The number of carbonyl (C=O) groups is 2. The first-order valence-electron chi connectivity index (χ1n) is 5.27. The lowest BCUT2D eigenvalue weighted by Crippen LogP contribution is -2.17. The molecule has 2 aromatic rings. The average molecular weight is 366 g/mol. The van der Waals surface area contributed by atoms with Gasteiger partial charge in [-0.1, -0.05) is 24.3 Å². The zero-order valence-electron chi connectivity index (χ0n) is 9.04. The molecule has 18 heavy (non-hydrogen) atoms. The van der Waals surface area contributed by atoms with Crippen LogP contribution < -0.4 is 0 Å². The Balaban J connectivity index is 2.38. The minimum absolute atomic E-state index is 0.165. The van der Waals surface area contributed by atoms with Crippen molar-refractivity contribution in [3.8, 4) is 0 Å². The lowest BCUT2D eigenvalue weighted by molar-refractivity contribution is 0.0990. The summed E-state index contributed by atoms with van der Waals surface area (Å²) in [6, 6.07) is 11.2. The Morgan fingerprint density at radius 1 is 0.722 bits per heavy atom. The summed E-state index contributed by atoms with van der Waals surface area (Å²) in [5.74, 6) is -0.329. The summed E-state index contributed by atoms with van der Waals surface area (Å²) < 4.78 is 0.575. The highest BCUT2D eigenvalue weighted by Gasteiger charge is 2.29. The molecule has 4 heteroatoms. The summed E-state index contributed by atoms with van der Waals surface area (Å²) in [5, 5.41) is 1.91. The van der Waals surface area contributed by atoms with E-state index in [1.54, 1.807) is 12.1 Å². The predicted octanol–water partition coefficient (Wildman–Crippen LogP) is 4.22. The number of hydrogen-bond acceptors (Lipinski definition) is 2. The number of allylic oxidation sites excluding steroid dienone is 2. The van der Waals surface area contributed by atoms with Gasteiger partial charge in [-0.3, -0.25) is 9.59 Å². The minimum Gasteiger partial charge on any atom is -0.288 e. The molecule has 0 bridgehead atoms. The van der Waals surface area contributed by atoms with Crippen LogP contribution in [0.15, 0.2) is 45.4 Å². The third-order valence-electron chi connectivity index (χ3n) is 2.97. The summed E-state index contributed by atoms with van der Waals surface area (Å²) in [5.41, 5.74) is 0.905. The second-order valence-electron chi connectivity index (χ2n) is 4.03. The van der Waals surface area contributed by atoms with E-state index >= 15 is 0 Å². The van der Waals surface area contributed by atoms with Crippen LogP contribution in [0.2, 0.25) is 0 Å². The van der Waals surface area contributed by atoms with Crippen molar-refractivity contribution in [2.75, 3.05) is 0 Å². The molecule has 0 heterocycles. The van der Waals surface area contributed by atoms with Crippen LogP contribution >= 0.6 is 31.9 Å². The van der Waals surface area contributed by atoms with E-state index in [1.165, 1.54) is 0 Å². The molecule has 0 amide bonds. The molecule has 0 spiro atoms. The SMILES string of the molecule is O=C1C(Br)=C(Br)C(=O)c2cc3ccccc3cc21. The molecule has 0 saturated carbocycles. The highest BCUT2D eigenvalue weighted by molar-refractivity contribution is 9.14. The highest BCUT2D eigenvalue weighted by Crippen LogP contribution is 2.34. The number of Topliss-reactive ketones (excluding diaryl/α,β-unsaturated/α-hetero) is 2. The molecule has 3 rings (SSSR count). The molecule has 0 radical (unpaired) electrons. The number of rotatable bonds is 0. The van der Waals surface area contributed by atoms with E-state index in [9.17, 15) is 9.59 Å². The number of ketones is 2. The summed E-state index contributed by atoms with van der Waals surface area (Å²) in [7, 11) is 0. The van der Waals surface area contributed by atoms with Crippen LogP contribution in [0.25, 0.3) is 10.8 Å². The van der Waals surface area contributed by atoms with Crippen LogP contribution in [-0.4, -0.2) is 11.6 Å². The van der Waals surface area contributed by atoms with Gasteiger partial charge in [0.05, 0.1) is 8.96 Å². The van der Waals surface area contributed by atoms with Crippen molar-refractivity contribution in [1.82, 2.24) is 0 Å². The Morgan fingerprint density at radius 3 is 1.50 bits per heavy atom. The van der Waals surface area contributed by atoms with Crippen molar-refractivity contribution in [2.24, 2.45) is 0 Å². The van der Waals surface area contributed by atoms with Gasteiger partial charge in [-0.15, -0.1) is 0 Å². The fourth-order valence-electron chi connectivity index (χ4n) is 2.05. The standard InChI is InChI=1S/C14H6Br2O2/c15-11-12(16)14(18)10-6-8-4-2-1-3-7(8)5-9(10)13(11)17/h1-6H. The maximum atomic E-state index is 12.1. The molecule has 0 fully saturated rings. The fourth-order valence-corrected chi connectivity index (χ4v) is 2.84. The summed E-state index contributed by atoms with van der Waals surface area (Å²) in [4.78, 5) is 24.3. The first kappa shape index (κ1) is 11.8. The maximum Gasteiger partial charge on any atom is 0.202 e. The van der Waals surface area contributed by atoms with Crippen LogP contribution in [0.1, 0.15) is 20.7 Å². The lowest BCUT2D eigenvalue weighted by Gasteiger charge is -2.15. The lowest BCUT2D eigenvalue weighted by atomic mass is 9.91. The molecule has 2 aromatic carbocycles. The molecule has 1 aliphatic carbocycles. The van der Waals surface area contributed by atoms with Crippen molar-refractivity contribution in [1.29, 1.82) is 0 Å². The van der Waals surface area contributed by atoms with Gasteiger partial charge in [-0.05, 0) is 54.8 Å². The molecule has 0 saturated heterocycles. The maximum absolute atomic E-state index is 12.1. The third-order valence-corrected chi connectivity index (χ3v) is 5.01. The number of benzene rings is 2. The van der Waals surface area contributed by atoms with Gasteiger partial charge >= 0.3 is 0 Å². The monoisotopic (exact) mass is 364 g/mol. The van der Waals surface area contributed by atoms with Crippen molar-refractivity contribution < 1.29 is 9.59 Å². The highest BCUT2D eigenvalue weighted by atomic mass is 79.9. The van der Waals surface area contributed by atoms with Crippen molar-refractivity contribution in [3.63, 3.8) is 0 Å². The van der Waals surface area contributed by atoms with Crippen LogP contribution in [0, 0.1) is 0 Å². The van der Waals surface area contributed by atoms with E-state index < -0.39 is 0 Å². The second-order valence-corrected chi connectivity index (χ2v) is 5.62. The van der Waals surface area contributed by atoms with Crippen LogP contribution in [0.3, 0.4) is 0 Å². The first-order chi connectivity index (χ1) is 8.59. The Bertz CT molecular complexity index is 682. The predicted molar refractivity (Wildman–Crippen MR) is 77.5 cm³/mol. The van der Waals surface area contributed by atoms with Crippen LogP contribution in [0.4, 0.5) is 0 Å². The van der Waals surface area contributed by atoms with E-state index in [4.69, 9.17) is 0 Å². The Labute approximate surface area is 120 Å². The van der Waals surface area contributed by atoms with Gasteiger partial charge in [-0.25, -0.2) is 0 Å². The van der Waals surface area contributed by atoms with Gasteiger partial charge in [0, 0.05) is 11.1 Å². The third kappa shape index (κ3) is 1.60. The van der Waals surface area contributed by atoms with Crippen molar-refractivity contribution in [3.05, 3.63) is 56.5 Å². The molecule has 0 aromatic heterocycles. The zero-order valence-corrected chi connectivity index (χ0v) is 12.2. The van der Waals surface area contributed by atoms with Gasteiger partial charge in [0.2, 0.25) is 11.6 Å². The second kappa shape index (κ2) is 4.14. The van der Waals surface area contributed by atoms with Gasteiger partial charge in [0.15, 0.2) is 0 Å². The normalized spacial score (nSPS) is 15.2. The molecule has 0 unspecified atom stereocenters. The van der Waals surface area contributed by atoms with Gasteiger partial charge < -0.3 is 0 Å². The van der Waals surface area contributed by atoms with Gasteiger partial charge in [-0.2, -0.15) is 0 Å². The van der Waals surface area contributed by atoms with E-state index in [0.717, 1.165) is 10.8 Å². The van der Waals surface area contributed by atoms with Gasteiger partial charge in [0.1, 0.15) is 0 Å². The van der Waals surface area contributed by atoms with E-state index in [2.05, 4.69) is 31.9 Å². The Morgan fingerprint density at radius 2 is 1.11 bits per heavy atom. The summed E-state index contributed by atoms with van der Waals surface area (Å²) >= 11 is 6.31. The smallest absolute Gasteiger partial charge is 0.202 e. The quantitative estimate of drug-likeness (QED) is 0.700. The zero-order chi connectivity index (χ0) is 12.9. The molecule has 1 aliphatic rings. The number of halogens is 2. The minimum atomic E-state index is -0.165. The number of fused-ring (bicyclic) bond motifs is 2. The van der Waals surface area contributed by atoms with E-state index in [-0.39, 0.29) is 20.5 Å². The van der Waals surface area contributed by atoms with E-state index in [1.807, 2.05) is 24.3 Å². The first-order valence-corrected chi connectivity index (χ1v) is 6.85. The average Bonchev–Trinajstić information content (AvgIpc) is 2.41. The summed E-state index contributed by atoms with van der Waals surface area (Å²) in [6.07, 6.45) is 0. The Hall–Kier alpha value is -1.26. The molecule has 0 aliphatic heterocycles. The van der Waals surface area contributed by atoms with Crippen molar-refractivity contribution >= 4 is 54.2 Å². The largest absolute Gasteiger partial charge is 0.288 e. The molecular formula is C14H6Br2O2. The summed E-state index contributed by atoms with van der Waals surface area (Å²) in [6.45, 7) is 0. The molecule has 88 valence electrons. The molecule has 0 N–H and O–H groups in total.